The molecule has 0 aliphatic heterocycles. The van der Waals surface area contributed by atoms with Gasteiger partial charge in [0, 0.05) is 0 Å². The lowest BCUT2D eigenvalue weighted by atomic mass is 10.2. The van der Waals surface area contributed by atoms with Crippen molar-refractivity contribution in [1.82, 2.24) is 0 Å². The zero-order valence-corrected chi connectivity index (χ0v) is 10.6. The topological polar surface area (TPSA) is 46.5 Å². The maximum atomic E-state index is 11.1. The molecule has 0 unspecified atom stereocenters. The number of ether oxygens (including phenoxy) is 1. The number of carbonyl (C=O) groups is 1. The molecular formula is C13H8Cl2O3. The predicted molar refractivity (Wildman–Crippen MR) is 69.9 cm³/mol. The molecule has 0 bridgehead atoms. The lowest BCUT2D eigenvalue weighted by molar-refractivity contribution is 0.0694. The van der Waals surface area contributed by atoms with E-state index in [-0.39, 0.29) is 16.3 Å². The molecule has 2 aromatic carbocycles. The molecule has 0 radical (unpaired) electrons. The van der Waals surface area contributed by atoms with Gasteiger partial charge in [0.05, 0.1) is 10.0 Å². The largest absolute Gasteiger partial charge is 0.478 e. The Hall–Kier alpha value is -1.71. The van der Waals surface area contributed by atoms with Crippen LogP contribution < -0.4 is 4.74 Å². The Labute approximate surface area is 114 Å². The minimum atomic E-state index is -1.15. The van der Waals surface area contributed by atoms with Crippen LogP contribution in [-0.2, 0) is 0 Å². The number of benzene rings is 2. The lowest BCUT2D eigenvalue weighted by Crippen LogP contribution is -2.01. The van der Waals surface area contributed by atoms with Crippen LogP contribution in [0, 0.1) is 0 Å². The Morgan fingerprint density at radius 3 is 2.22 bits per heavy atom. The van der Waals surface area contributed by atoms with Crippen molar-refractivity contribution < 1.29 is 14.6 Å². The fourth-order valence-corrected chi connectivity index (χ4v) is 1.86. The van der Waals surface area contributed by atoms with E-state index < -0.39 is 5.97 Å². The number of halogens is 2. The highest BCUT2D eigenvalue weighted by atomic mass is 35.5. The second-order valence-electron chi connectivity index (χ2n) is 3.45. The van der Waals surface area contributed by atoms with Gasteiger partial charge in [0.15, 0.2) is 0 Å². The Morgan fingerprint density at radius 2 is 1.56 bits per heavy atom. The molecule has 0 amide bonds. The van der Waals surface area contributed by atoms with Crippen LogP contribution >= 0.6 is 23.2 Å². The molecule has 0 aliphatic carbocycles. The van der Waals surface area contributed by atoms with Crippen LogP contribution in [0.25, 0.3) is 0 Å². The molecule has 92 valence electrons. The van der Waals surface area contributed by atoms with Crippen molar-refractivity contribution in [3.05, 3.63) is 58.1 Å². The number of hydrogen-bond donors (Lipinski definition) is 1. The molecule has 2 aromatic rings. The molecule has 5 heteroatoms. The van der Waals surface area contributed by atoms with E-state index in [4.69, 9.17) is 33.0 Å². The molecule has 2 rings (SSSR count). The van der Waals surface area contributed by atoms with Gasteiger partial charge in [-0.15, -0.1) is 0 Å². The zero-order valence-electron chi connectivity index (χ0n) is 9.06. The molecule has 0 aromatic heterocycles. The minimum Gasteiger partial charge on any atom is -0.478 e. The Bertz CT molecular complexity index is 597. The number of rotatable bonds is 3. The van der Waals surface area contributed by atoms with Crippen molar-refractivity contribution >= 4 is 29.2 Å². The first-order valence-corrected chi connectivity index (χ1v) is 5.79. The molecule has 0 fully saturated rings. The number of carboxylic acids is 1. The van der Waals surface area contributed by atoms with Crippen LogP contribution in [-0.4, -0.2) is 11.1 Å². The van der Waals surface area contributed by atoms with E-state index in [0.717, 1.165) is 0 Å². The van der Waals surface area contributed by atoms with Gasteiger partial charge in [-0.2, -0.15) is 0 Å². The highest BCUT2D eigenvalue weighted by molar-refractivity contribution is 6.34. The summed E-state index contributed by atoms with van der Waals surface area (Å²) in [5, 5.41) is 9.61. The molecule has 3 nitrogen and oxygen atoms in total. The van der Waals surface area contributed by atoms with Crippen molar-refractivity contribution in [2.45, 2.75) is 0 Å². The Kier molecular flexibility index (Phi) is 3.75. The van der Waals surface area contributed by atoms with Crippen molar-refractivity contribution in [1.29, 1.82) is 0 Å². The summed E-state index contributed by atoms with van der Waals surface area (Å²) in [7, 11) is 0. The van der Waals surface area contributed by atoms with Gasteiger partial charge in [0.25, 0.3) is 0 Å². The van der Waals surface area contributed by atoms with Gasteiger partial charge in [0.2, 0.25) is 0 Å². The summed E-state index contributed by atoms with van der Waals surface area (Å²) in [5.74, 6) is -0.616. The summed E-state index contributed by atoms with van der Waals surface area (Å²) >= 11 is 11.8. The molecule has 0 atom stereocenters. The van der Waals surface area contributed by atoms with Crippen LogP contribution in [0.15, 0.2) is 42.5 Å². The van der Waals surface area contributed by atoms with Gasteiger partial charge in [-0.3, -0.25) is 0 Å². The maximum absolute atomic E-state index is 11.1. The van der Waals surface area contributed by atoms with Crippen LogP contribution in [0.4, 0.5) is 0 Å². The first kappa shape index (κ1) is 12.7. The highest BCUT2D eigenvalue weighted by Gasteiger charge is 2.16. The molecule has 18 heavy (non-hydrogen) atoms. The summed E-state index contributed by atoms with van der Waals surface area (Å²) in [5.41, 5.74) is -0.0842. The normalized spacial score (nSPS) is 10.1. The van der Waals surface area contributed by atoms with Crippen LogP contribution in [0.3, 0.4) is 0 Å². The first-order chi connectivity index (χ1) is 8.59. The molecule has 0 saturated heterocycles. The standard InChI is InChI=1S/C13H8Cl2O3/c14-8-4-1-2-6-10(8)18-11-7-3-5-9(15)12(11)13(16)17/h1-7H,(H,16,17). The van der Waals surface area contributed by atoms with E-state index in [9.17, 15) is 4.79 Å². The van der Waals surface area contributed by atoms with Crippen molar-refractivity contribution in [3.63, 3.8) is 0 Å². The van der Waals surface area contributed by atoms with Crippen LogP contribution in [0.2, 0.25) is 10.0 Å². The molecular weight excluding hydrogens is 275 g/mol. The van der Waals surface area contributed by atoms with Gasteiger partial charge in [-0.25, -0.2) is 4.79 Å². The van der Waals surface area contributed by atoms with Crippen LogP contribution in [0.1, 0.15) is 10.4 Å². The van der Waals surface area contributed by atoms with Crippen molar-refractivity contribution in [2.75, 3.05) is 0 Å². The van der Waals surface area contributed by atoms with E-state index in [1.807, 2.05) is 0 Å². The summed E-state index contributed by atoms with van der Waals surface area (Å²) in [6, 6.07) is 11.4. The number of para-hydroxylation sites is 1. The fourth-order valence-electron chi connectivity index (χ4n) is 1.44. The Balaban J connectivity index is 2.44. The smallest absolute Gasteiger partial charge is 0.341 e. The number of hydrogen-bond acceptors (Lipinski definition) is 2. The van der Waals surface area contributed by atoms with E-state index in [1.54, 1.807) is 30.3 Å². The quantitative estimate of drug-likeness (QED) is 0.903. The van der Waals surface area contributed by atoms with E-state index in [2.05, 4.69) is 0 Å². The van der Waals surface area contributed by atoms with Gasteiger partial charge >= 0.3 is 5.97 Å². The molecule has 0 aliphatic rings. The van der Waals surface area contributed by atoms with Crippen molar-refractivity contribution in [3.8, 4) is 11.5 Å². The predicted octanol–water partition coefficient (Wildman–Crippen LogP) is 4.48. The SMILES string of the molecule is O=C(O)c1c(Cl)cccc1Oc1ccccc1Cl. The highest BCUT2D eigenvalue weighted by Crippen LogP contribution is 2.33. The van der Waals surface area contributed by atoms with Gasteiger partial charge < -0.3 is 9.84 Å². The van der Waals surface area contributed by atoms with Gasteiger partial charge in [-0.1, -0.05) is 41.4 Å². The monoisotopic (exact) mass is 282 g/mol. The Morgan fingerprint density at radius 1 is 0.944 bits per heavy atom. The molecule has 0 heterocycles. The third-order valence-corrected chi connectivity index (χ3v) is 2.87. The van der Waals surface area contributed by atoms with E-state index in [0.29, 0.717) is 10.8 Å². The first-order valence-electron chi connectivity index (χ1n) is 5.04. The second-order valence-corrected chi connectivity index (χ2v) is 4.27. The molecule has 0 spiro atoms. The average molecular weight is 283 g/mol. The summed E-state index contributed by atoms with van der Waals surface area (Å²) in [4.78, 5) is 11.1. The number of aromatic carboxylic acids is 1. The summed E-state index contributed by atoms with van der Waals surface area (Å²) < 4.78 is 5.49. The second kappa shape index (κ2) is 5.29. The lowest BCUT2D eigenvalue weighted by Gasteiger charge is -2.10. The molecule has 1 N–H and O–H groups in total. The van der Waals surface area contributed by atoms with Gasteiger partial charge in [-0.05, 0) is 24.3 Å². The van der Waals surface area contributed by atoms with Crippen molar-refractivity contribution in [2.24, 2.45) is 0 Å². The van der Waals surface area contributed by atoms with E-state index in [1.165, 1.54) is 12.1 Å². The van der Waals surface area contributed by atoms with E-state index >= 15 is 0 Å². The van der Waals surface area contributed by atoms with Gasteiger partial charge in [0.1, 0.15) is 17.1 Å². The van der Waals surface area contributed by atoms with Crippen LogP contribution in [0.5, 0.6) is 11.5 Å². The third kappa shape index (κ3) is 2.58. The fraction of sp³-hybridized carbons (Fsp3) is 0. The third-order valence-electron chi connectivity index (χ3n) is 2.25. The minimum absolute atomic E-state index is 0.0842. The molecule has 0 saturated carbocycles. The summed E-state index contributed by atoms with van der Waals surface area (Å²) in [6.07, 6.45) is 0. The summed E-state index contributed by atoms with van der Waals surface area (Å²) in [6.45, 7) is 0. The number of carboxylic acid groups (broad SMARTS) is 1. The zero-order chi connectivity index (χ0) is 13.1. The average Bonchev–Trinajstić information content (AvgIpc) is 2.31. The maximum Gasteiger partial charge on any atom is 0.341 e.